The summed E-state index contributed by atoms with van der Waals surface area (Å²) in [6.07, 6.45) is 5.65. The molecule has 2 N–H and O–H groups in total. The van der Waals surface area contributed by atoms with E-state index in [0.717, 1.165) is 6.07 Å². The van der Waals surface area contributed by atoms with Crippen LogP contribution < -0.4 is 5.32 Å². The van der Waals surface area contributed by atoms with Gasteiger partial charge in [-0.05, 0) is 43.9 Å². The molecule has 7 heteroatoms. The molecule has 0 saturated carbocycles. The van der Waals surface area contributed by atoms with Crippen molar-refractivity contribution in [3.63, 3.8) is 0 Å². The number of hydrogen-bond acceptors (Lipinski definition) is 3. The average molecular weight is 346 g/mol. The molecule has 3 rings (SSSR count). The maximum Gasteiger partial charge on any atom is 0.326 e. The first-order chi connectivity index (χ1) is 12.0. The van der Waals surface area contributed by atoms with Crippen LogP contribution in [-0.2, 0) is 9.59 Å². The molecule has 25 heavy (non-hydrogen) atoms. The van der Waals surface area contributed by atoms with Crippen molar-refractivity contribution in [3.8, 4) is 0 Å². The Morgan fingerprint density at radius 2 is 1.96 bits per heavy atom. The van der Waals surface area contributed by atoms with Gasteiger partial charge < -0.3 is 15.3 Å². The summed E-state index contributed by atoms with van der Waals surface area (Å²) in [5.74, 6) is -2.53. The summed E-state index contributed by atoms with van der Waals surface area (Å²) in [5, 5.41) is 12.0. The Kier molecular flexibility index (Phi) is 4.83. The van der Waals surface area contributed by atoms with Crippen LogP contribution in [0.4, 0.5) is 4.39 Å². The lowest BCUT2D eigenvalue weighted by Crippen LogP contribution is -2.54. The zero-order valence-electron chi connectivity index (χ0n) is 13.5. The van der Waals surface area contributed by atoms with E-state index in [1.165, 1.54) is 23.1 Å². The maximum atomic E-state index is 13.3. The number of rotatable bonds is 3. The van der Waals surface area contributed by atoms with Crippen LogP contribution in [0.2, 0.25) is 0 Å². The van der Waals surface area contributed by atoms with E-state index >= 15 is 0 Å². The Hall–Kier alpha value is -2.70. The van der Waals surface area contributed by atoms with Crippen molar-refractivity contribution in [2.45, 2.75) is 43.8 Å². The van der Waals surface area contributed by atoms with Crippen LogP contribution in [0.1, 0.15) is 36.0 Å². The van der Waals surface area contributed by atoms with E-state index in [4.69, 9.17) is 0 Å². The highest BCUT2D eigenvalue weighted by molar-refractivity contribution is 5.98. The van der Waals surface area contributed by atoms with Crippen molar-refractivity contribution >= 4 is 17.8 Å². The van der Waals surface area contributed by atoms with E-state index in [9.17, 15) is 23.9 Å². The number of carbonyl (C=O) groups is 3. The van der Waals surface area contributed by atoms with Crippen LogP contribution in [0, 0.1) is 5.82 Å². The SMILES string of the molecule is O=C(N[C@H]1CC=CC[C@@H]2CC[C@@H](C(=O)O)N2C1=O)c1cccc(F)c1. The Labute approximate surface area is 144 Å². The van der Waals surface area contributed by atoms with Crippen molar-refractivity contribution in [1.82, 2.24) is 10.2 Å². The molecule has 6 nitrogen and oxygen atoms in total. The van der Waals surface area contributed by atoms with Gasteiger partial charge in [0, 0.05) is 11.6 Å². The molecule has 1 saturated heterocycles. The van der Waals surface area contributed by atoms with Crippen LogP contribution in [-0.4, -0.2) is 45.9 Å². The minimum absolute atomic E-state index is 0.117. The molecule has 0 unspecified atom stereocenters. The monoisotopic (exact) mass is 346 g/mol. The molecule has 2 heterocycles. The predicted molar refractivity (Wildman–Crippen MR) is 87.3 cm³/mol. The third-order valence-electron chi connectivity index (χ3n) is 4.68. The molecule has 1 aromatic rings. The maximum absolute atomic E-state index is 13.3. The molecule has 0 aromatic heterocycles. The molecule has 2 amide bonds. The van der Waals surface area contributed by atoms with E-state index in [0.29, 0.717) is 19.3 Å². The van der Waals surface area contributed by atoms with E-state index in [2.05, 4.69) is 5.32 Å². The number of benzene rings is 1. The summed E-state index contributed by atoms with van der Waals surface area (Å²) in [7, 11) is 0. The number of hydrogen-bond donors (Lipinski definition) is 2. The van der Waals surface area contributed by atoms with Gasteiger partial charge in [-0.3, -0.25) is 9.59 Å². The highest BCUT2D eigenvalue weighted by Crippen LogP contribution is 2.29. The number of aliphatic carboxylic acids is 1. The van der Waals surface area contributed by atoms with Crippen molar-refractivity contribution < 1.29 is 23.9 Å². The van der Waals surface area contributed by atoms with Crippen molar-refractivity contribution in [2.75, 3.05) is 0 Å². The van der Waals surface area contributed by atoms with E-state index < -0.39 is 35.7 Å². The van der Waals surface area contributed by atoms with Gasteiger partial charge in [-0.15, -0.1) is 0 Å². The number of carboxylic acids is 1. The van der Waals surface area contributed by atoms with E-state index in [-0.39, 0.29) is 18.0 Å². The van der Waals surface area contributed by atoms with E-state index in [1.807, 2.05) is 12.2 Å². The summed E-state index contributed by atoms with van der Waals surface area (Å²) in [6, 6.07) is 3.30. The molecule has 1 fully saturated rings. The van der Waals surface area contributed by atoms with Gasteiger partial charge in [0.25, 0.3) is 5.91 Å². The van der Waals surface area contributed by atoms with Gasteiger partial charge in [0.15, 0.2) is 0 Å². The van der Waals surface area contributed by atoms with Crippen LogP contribution in [0.5, 0.6) is 0 Å². The first-order valence-corrected chi connectivity index (χ1v) is 8.24. The summed E-state index contributed by atoms with van der Waals surface area (Å²) >= 11 is 0. The van der Waals surface area contributed by atoms with Gasteiger partial charge in [-0.2, -0.15) is 0 Å². The topological polar surface area (TPSA) is 86.7 Å². The Bertz CT molecular complexity index is 734. The van der Waals surface area contributed by atoms with Gasteiger partial charge in [-0.1, -0.05) is 18.2 Å². The number of halogens is 1. The lowest BCUT2D eigenvalue weighted by Gasteiger charge is -2.32. The Morgan fingerprint density at radius 3 is 2.68 bits per heavy atom. The number of fused-ring (bicyclic) bond motifs is 1. The molecule has 0 bridgehead atoms. The van der Waals surface area contributed by atoms with Gasteiger partial charge in [-0.25, -0.2) is 9.18 Å². The van der Waals surface area contributed by atoms with Gasteiger partial charge in [0.1, 0.15) is 17.9 Å². The Morgan fingerprint density at radius 1 is 1.20 bits per heavy atom. The number of carboxylic acid groups (broad SMARTS) is 1. The van der Waals surface area contributed by atoms with Crippen LogP contribution in [0.3, 0.4) is 0 Å². The molecule has 0 aliphatic carbocycles. The third kappa shape index (κ3) is 3.55. The molecule has 0 radical (unpaired) electrons. The first kappa shape index (κ1) is 17.1. The quantitative estimate of drug-likeness (QED) is 0.816. The second-order valence-corrected chi connectivity index (χ2v) is 6.31. The molecule has 2 aliphatic heterocycles. The van der Waals surface area contributed by atoms with Crippen LogP contribution >= 0.6 is 0 Å². The smallest absolute Gasteiger partial charge is 0.326 e. The fraction of sp³-hybridized carbons (Fsp3) is 0.389. The highest BCUT2D eigenvalue weighted by Gasteiger charge is 2.43. The molecule has 3 atom stereocenters. The lowest BCUT2D eigenvalue weighted by atomic mass is 10.0. The molecular formula is C18H19FN2O4. The second kappa shape index (κ2) is 7.04. The molecule has 2 aliphatic rings. The normalized spacial score (nSPS) is 25.9. The fourth-order valence-electron chi connectivity index (χ4n) is 3.45. The van der Waals surface area contributed by atoms with Crippen molar-refractivity contribution in [1.29, 1.82) is 0 Å². The fourth-order valence-corrected chi connectivity index (χ4v) is 3.45. The van der Waals surface area contributed by atoms with Crippen molar-refractivity contribution in [2.24, 2.45) is 0 Å². The number of amides is 2. The largest absolute Gasteiger partial charge is 0.480 e. The third-order valence-corrected chi connectivity index (χ3v) is 4.68. The summed E-state index contributed by atoms with van der Waals surface area (Å²) in [6.45, 7) is 0. The number of nitrogens with zero attached hydrogens (tertiary/aromatic N) is 1. The minimum atomic E-state index is -1.03. The molecular weight excluding hydrogens is 327 g/mol. The van der Waals surface area contributed by atoms with Gasteiger partial charge >= 0.3 is 5.97 Å². The highest BCUT2D eigenvalue weighted by atomic mass is 19.1. The minimum Gasteiger partial charge on any atom is -0.480 e. The number of nitrogens with one attached hydrogen (secondary N) is 1. The zero-order chi connectivity index (χ0) is 18.0. The van der Waals surface area contributed by atoms with Gasteiger partial charge in [0.2, 0.25) is 5.91 Å². The molecule has 0 spiro atoms. The average Bonchev–Trinajstić information content (AvgIpc) is 2.99. The molecule has 1 aromatic carbocycles. The van der Waals surface area contributed by atoms with Crippen molar-refractivity contribution in [3.05, 3.63) is 47.8 Å². The summed E-state index contributed by atoms with van der Waals surface area (Å²) in [5.41, 5.74) is 0.117. The van der Waals surface area contributed by atoms with Crippen LogP contribution in [0.25, 0.3) is 0 Å². The second-order valence-electron chi connectivity index (χ2n) is 6.31. The number of carbonyl (C=O) groups excluding carboxylic acids is 2. The molecule has 132 valence electrons. The standard InChI is InChI=1S/C18H19FN2O4/c19-12-5-3-4-11(10-12)16(22)20-14-7-2-1-6-13-8-9-15(18(24)25)21(13)17(14)23/h1-5,10,13-15H,6-9H2,(H,20,22)(H,24,25)/t13-,14+,15+/m1/s1. The van der Waals surface area contributed by atoms with Gasteiger partial charge in [0.05, 0.1) is 0 Å². The lowest BCUT2D eigenvalue weighted by molar-refractivity contribution is -0.150. The van der Waals surface area contributed by atoms with Crippen LogP contribution in [0.15, 0.2) is 36.4 Å². The summed E-state index contributed by atoms with van der Waals surface area (Å²) < 4.78 is 13.3. The summed E-state index contributed by atoms with van der Waals surface area (Å²) in [4.78, 5) is 38.0. The first-order valence-electron chi connectivity index (χ1n) is 8.24. The predicted octanol–water partition coefficient (Wildman–Crippen LogP) is 1.72. The van der Waals surface area contributed by atoms with E-state index in [1.54, 1.807) is 0 Å². The zero-order valence-corrected chi connectivity index (χ0v) is 13.5. The Balaban J connectivity index is 1.81.